The van der Waals surface area contributed by atoms with E-state index < -0.39 is 40.4 Å². The average molecular weight is 595 g/mol. The lowest BCUT2D eigenvalue weighted by molar-refractivity contribution is -0.143. The Balaban J connectivity index is 1.81. The van der Waals surface area contributed by atoms with Crippen LogP contribution in [0.2, 0.25) is 0 Å². The first-order valence-corrected chi connectivity index (χ1v) is 13.3. The molecule has 3 aromatic rings. The third-order valence-corrected chi connectivity index (χ3v) is 7.71. The van der Waals surface area contributed by atoms with Gasteiger partial charge in [-0.15, -0.1) is 0 Å². The molecule has 2 heterocycles. The van der Waals surface area contributed by atoms with Crippen LogP contribution in [0.25, 0.3) is 11.1 Å². The molecule has 1 N–H and O–H groups in total. The summed E-state index contributed by atoms with van der Waals surface area (Å²) in [6, 6.07) is 10.4. The minimum Gasteiger partial charge on any atom is -0.351 e. The van der Waals surface area contributed by atoms with Crippen molar-refractivity contribution in [1.29, 1.82) is 0 Å². The standard InChI is InChI=1S/C30H32F6N4O2/c1-18-8-6-7-9-23(18)24-15-26(40-11-10-39(42)17-19(40)2)37-16-25(24)38(5)27(41)28(3,4)20-12-21(29(31,32)33)14-22(13-20)30(34,35)36/h6-9,12-16,19,42H,10-11,17H2,1-5H3. The molecule has 0 spiro atoms. The summed E-state index contributed by atoms with van der Waals surface area (Å²) >= 11 is 0. The zero-order chi connectivity index (χ0) is 31.2. The number of pyridine rings is 1. The summed E-state index contributed by atoms with van der Waals surface area (Å²) in [6.45, 7) is 7.71. The number of aromatic nitrogens is 1. The summed E-state index contributed by atoms with van der Waals surface area (Å²) in [6.07, 6.45) is -8.61. The van der Waals surface area contributed by atoms with Crippen LogP contribution in [0.5, 0.6) is 0 Å². The topological polar surface area (TPSA) is 59.9 Å². The zero-order valence-electron chi connectivity index (χ0n) is 23.8. The summed E-state index contributed by atoms with van der Waals surface area (Å²) < 4.78 is 81.5. The van der Waals surface area contributed by atoms with Crippen molar-refractivity contribution in [3.05, 3.63) is 77.0 Å². The van der Waals surface area contributed by atoms with Gasteiger partial charge in [0.1, 0.15) is 5.82 Å². The number of carbonyl (C=O) groups excluding carboxylic acids is 1. The minimum absolute atomic E-state index is 0.0459. The van der Waals surface area contributed by atoms with Crippen molar-refractivity contribution in [2.75, 3.05) is 36.5 Å². The molecule has 226 valence electrons. The molecule has 6 nitrogen and oxygen atoms in total. The number of rotatable bonds is 5. The lowest BCUT2D eigenvalue weighted by atomic mass is 9.81. The van der Waals surface area contributed by atoms with Crippen molar-refractivity contribution in [3.63, 3.8) is 0 Å². The second-order valence-electron chi connectivity index (χ2n) is 11.1. The van der Waals surface area contributed by atoms with Gasteiger partial charge in [0.15, 0.2) is 0 Å². The SMILES string of the molecule is Cc1ccccc1-c1cc(N2CCN(O)CC2C)ncc1N(C)C(=O)C(C)(C)c1cc(C(F)(F)F)cc(C(F)(F)F)c1. The van der Waals surface area contributed by atoms with Crippen LogP contribution in [-0.4, -0.2) is 53.9 Å². The van der Waals surface area contributed by atoms with Gasteiger partial charge in [-0.25, -0.2) is 4.98 Å². The maximum absolute atomic E-state index is 13.9. The summed E-state index contributed by atoms with van der Waals surface area (Å²) in [7, 11) is 1.42. The van der Waals surface area contributed by atoms with Gasteiger partial charge in [-0.1, -0.05) is 24.3 Å². The Morgan fingerprint density at radius 2 is 1.50 bits per heavy atom. The Labute approximate surface area is 240 Å². The van der Waals surface area contributed by atoms with Crippen LogP contribution < -0.4 is 9.80 Å². The van der Waals surface area contributed by atoms with Gasteiger partial charge in [0.25, 0.3) is 0 Å². The lowest BCUT2D eigenvalue weighted by Gasteiger charge is -2.38. The van der Waals surface area contributed by atoms with Crippen LogP contribution in [-0.2, 0) is 22.6 Å². The Hall–Kier alpha value is -3.64. The predicted octanol–water partition coefficient (Wildman–Crippen LogP) is 6.93. The maximum atomic E-state index is 13.9. The van der Waals surface area contributed by atoms with Gasteiger partial charge in [-0.3, -0.25) is 4.79 Å². The number of amides is 1. The van der Waals surface area contributed by atoms with Crippen LogP contribution in [0.4, 0.5) is 37.8 Å². The molecule has 0 radical (unpaired) electrons. The van der Waals surface area contributed by atoms with Gasteiger partial charge in [0, 0.05) is 38.3 Å². The smallest absolute Gasteiger partial charge is 0.351 e. The Kier molecular flexibility index (Phi) is 8.36. The van der Waals surface area contributed by atoms with E-state index in [4.69, 9.17) is 0 Å². The third-order valence-electron chi connectivity index (χ3n) is 7.71. The number of benzene rings is 2. The maximum Gasteiger partial charge on any atom is 0.416 e. The van der Waals surface area contributed by atoms with E-state index in [9.17, 15) is 36.3 Å². The highest BCUT2D eigenvalue weighted by Gasteiger charge is 2.41. The van der Waals surface area contributed by atoms with Gasteiger partial charge in [0.05, 0.1) is 28.4 Å². The molecule has 1 fully saturated rings. The lowest BCUT2D eigenvalue weighted by Crippen LogP contribution is -2.51. The van der Waals surface area contributed by atoms with E-state index in [1.54, 1.807) is 0 Å². The molecule has 1 atom stereocenters. The number of nitrogens with zero attached hydrogens (tertiary/aromatic N) is 4. The highest BCUT2D eigenvalue weighted by Crippen LogP contribution is 2.41. The van der Waals surface area contributed by atoms with E-state index in [0.29, 0.717) is 48.8 Å². The van der Waals surface area contributed by atoms with Gasteiger partial charge in [-0.05, 0) is 68.7 Å². The first-order valence-electron chi connectivity index (χ1n) is 13.3. The molecule has 2 aromatic carbocycles. The van der Waals surface area contributed by atoms with Crippen LogP contribution in [0.15, 0.2) is 54.7 Å². The normalized spacial score (nSPS) is 17.0. The fourth-order valence-corrected chi connectivity index (χ4v) is 5.20. The molecule has 1 unspecified atom stereocenters. The largest absolute Gasteiger partial charge is 0.416 e. The predicted molar refractivity (Wildman–Crippen MR) is 147 cm³/mol. The zero-order valence-corrected chi connectivity index (χ0v) is 23.8. The van der Waals surface area contributed by atoms with Gasteiger partial charge < -0.3 is 15.0 Å². The Morgan fingerprint density at radius 1 is 0.929 bits per heavy atom. The second-order valence-corrected chi connectivity index (χ2v) is 11.1. The molecule has 1 aromatic heterocycles. The number of likely N-dealkylation sites (N-methyl/N-ethyl adjacent to an activating group) is 1. The van der Waals surface area contributed by atoms with Crippen LogP contribution >= 0.6 is 0 Å². The van der Waals surface area contributed by atoms with E-state index in [1.807, 2.05) is 49.1 Å². The van der Waals surface area contributed by atoms with E-state index in [-0.39, 0.29) is 12.1 Å². The fourth-order valence-electron chi connectivity index (χ4n) is 5.20. The molecular weight excluding hydrogens is 562 g/mol. The highest BCUT2D eigenvalue weighted by molar-refractivity contribution is 6.03. The molecule has 0 saturated carbocycles. The number of halogens is 6. The van der Waals surface area contributed by atoms with Crippen molar-refractivity contribution in [1.82, 2.24) is 10.0 Å². The highest BCUT2D eigenvalue weighted by atomic mass is 19.4. The first-order chi connectivity index (χ1) is 19.4. The van der Waals surface area contributed by atoms with Crippen molar-refractivity contribution in [3.8, 4) is 11.1 Å². The molecule has 4 rings (SSSR count). The number of hydrogen-bond acceptors (Lipinski definition) is 5. The summed E-state index contributed by atoms with van der Waals surface area (Å²) in [4.78, 5) is 21.7. The summed E-state index contributed by atoms with van der Waals surface area (Å²) in [5, 5.41) is 11.1. The fraction of sp³-hybridized carbons (Fsp3) is 0.400. The van der Waals surface area contributed by atoms with Gasteiger partial charge >= 0.3 is 12.4 Å². The molecular formula is C30H32F6N4O2. The average Bonchev–Trinajstić information content (AvgIpc) is 2.91. The number of aryl methyl sites for hydroxylation is 1. The molecule has 1 saturated heterocycles. The third kappa shape index (κ3) is 6.24. The molecule has 1 amide bonds. The number of carbonyl (C=O) groups is 1. The van der Waals surface area contributed by atoms with E-state index in [0.717, 1.165) is 11.1 Å². The molecule has 1 aliphatic heterocycles. The van der Waals surface area contributed by atoms with Crippen molar-refractivity contribution >= 4 is 17.4 Å². The molecule has 12 heteroatoms. The molecule has 42 heavy (non-hydrogen) atoms. The summed E-state index contributed by atoms with van der Waals surface area (Å²) in [5.74, 6) is -0.119. The minimum atomic E-state index is -5.04. The number of hydroxylamine groups is 2. The van der Waals surface area contributed by atoms with Crippen molar-refractivity contribution < 1.29 is 36.3 Å². The molecule has 1 aliphatic rings. The first kappa shape index (κ1) is 31.3. The number of alkyl halides is 6. The summed E-state index contributed by atoms with van der Waals surface area (Å²) in [5.41, 5.74) is -2.55. The monoisotopic (exact) mass is 594 g/mol. The molecule has 0 aliphatic carbocycles. The van der Waals surface area contributed by atoms with E-state index in [1.165, 1.54) is 37.1 Å². The van der Waals surface area contributed by atoms with Gasteiger partial charge in [-0.2, -0.15) is 31.4 Å². The number of hydrogen-bond donors (Lipinski definition) is 1. The quantitative estimate of drug-likeness (QED) is 0.325. The number of anilines is 2. The molecule has 0 bridgehead atoms. The van der Waals surface area contributed by atoms with E-state index in [2.05, 4.69) is 4.98 Å². The second kappa shape index (κ2) is 11.2. The van der Waals surface area contributed by atoms with E-state index >= 15 is 0 Å². The Morgan fingerprint density at radius 3 is 2.05 bits per heavy atom. The van der Waals surface area contributed by atoms with Gasteiger partial charge in [0.2, 0.25) is 5.91 Å². The Bertz CT molecular complexity index is 1440. The van der Waals surface area contributed by atoms with Crippen LogP contribution in [0, 0.1) is 6.92 Å². The van der Waals surface area contributed by atoms with Crippen LogP contribution in [0.3, 0.4) is 0 Å². The number of piperazine rings is 1. The van der Waals surface area contributed by atoms with Crippen molar-refractivity contribution in [2.24, 2.45) is 0 Å². The van der Waals surface area contributed by atoms with Crippen molar-refractivity contribution in [2.45, 2.75) is 51.5 Å². The van der Waals surface area contributed by atoms with Crippen LogP contribution in [0.1, 0.15) is 43.0 Å².